The van der Waals surface area contributed by atoms with Crippen molar-refractivity contribution >= 4 is 38.9 Å². The van der Waals surface area contributed by atoms with Crippen molar-refractivity contribution in [2.24, 2.45) is 5.92 Å². The van der Waals surface area contributed by atoms with E-state index in [-0.39, 0.29) is 23.9 Å². The topological polar surface area (TPSA) is 74.7 Å². The number of allylic oxidation sites excluding steroid dienone is 1. The van der Waals surface area contributed by atoms with Crippen LogP contribution in [0.5, 0.6) is 5.75 Å². The summed E-state index contributed by atoms with van der Waals surface area (Å²) in [5.41, 5.74) is 1.86. The maximum atomic E-state index is 13.2. The van der Waals surface area contributed by atoms with E-state index in [0.29, 0.717) is 41.2 Å². The lowest BCUT2D eigenvalue weighted by atomic mass is 9.79. The molecule has 0 radical (unpaired) electrons. The Bertz CT molecular complexity index is 1150. The molecule has 1 fully saturated rings. The van der Waals surface area contributed by atoms with Crippen LogP contribution < -0.4 is 4.74 Å². The minimum atomic E-state index is -0.393. The van der Waals surface area contributed by atoms with Crippen LogP contribution >= 0.6 is 11.3 Å². The average molecular weight is 436 g/mol. The number of thiazole rings is 1. The van der Waals surface area contributed by atoms with Gasteiger partial charge >= 0.3 is 5.97 Å². The molecule has 3 aromatic rings. The van der Waals surface area contributed by atoms with E-state index >= 15 is 0 Å². The van der Waals surface area contributed by atoms with Crippen LogP contribution in [-0.4, -0.2) is 36.1 Å². The summed E-state index contributed by atoms with van der Waals surface area (Å²) in [6.45, 7) is 0. The number of carbonyl (C=O) groups is 2. The average Bonchev–Trinajstić information content (AvgIpc) is 3.23. The summed E-state index contributed by atoms with van der Waals surface area (Å²) in [5.74, 6) is 0.0359. The summed E-state index contributed by atoms with van der Waals surface area (Å²) in [7, 11) is 1.55. The van der Waals surface area contributed by atoms with Gasteiger partial charge in [-0.3, -0.25) is 4.79 Å². The van der Waals surface area contributed by atoms with Crippen LogP contribution in [0.4, 0.5) is 0 Å². The highest BCUT2D eigenvalue weighted by atomic mass is 32.1. The number of Topliss-reactive ketones (excluding diaryl/α,β-unsaturated/α-hetero) is 1. The lowest BCUT2D eigenvalue weighted by Crippen LogP contribution is -2.41. The highest BCUT2D eigenvalue weighted by molar-refractivity contribution is 7.19. The molecule has 1 aromatic heterocycles. The molecule has 5 rings (SSSR count). The minimum Gasteiger partial charge on any atom is -0.497 e. The number of aromatic nitrogens is 1. The van der Waals surface area contributed by atoms with Gasteiger partial charge in [0.2, 0.25) is 0 Å². The molecule has 1 saturated carbocycles. The molecule has 1 aliphatic heterocycles. The molecular weight excluding hydrogens is 414 g/mol. The lowest BCUT2D eigenvalue weighted by Gasteiger charge is -2.36. The fourth-order valence-corrected chi connectivity index (χ4v) is 5.15. The van der Waals surface area contributed by atoms with Gasteiger partial charge in [0.1, 0.15) is 23.0 Å². The summed E-state index contributed by atoms with van der Waals surface area (Å²) < 4.78 is 17.8. The molecule has 2 aromatic carbocycles. The van der Waals surface area contributed by atoms with Crippen molar-refractivity contribution in [3.05, 3.63) is 65.4 Å². The maximum absolute atomic E-state index is 13.2. The van der Waals surface area contributed by atoms with E-state index in [1.165, 1.54) is 17.6 Å². The maximum Gasteiger partial charge on any atom is 0.338 e. The summed E-state index contributed by atoms with van der Waals surface area (Å²) in [6.07, 6.45) is 2.69. The second-order valence-electron chi connectivity index (χ2n) is 7.74. The number of nitrogens with zero attached hydrogens (tertiary/aromatic N) is 1. The van der Waals surface area contributed by atoms with E-state index in [1.807, 2.05) is 24.3 Å². The van der Waals surface area contributed by atoms with Gasteiger partial charge in [0.25, 0.3) is 0 Å². The number of ketones is 1. The van der Waals surface area contributed by atoms with Crippen molar-refractivity contribution in [3.8, 4) is 5.75 Å². The van der Waals surface area contributed by atoms with Gasteiger partial charge in [-0.05, 0) is 43.2 Å². The van der Waals surface area contributed by atoms with E-state index in [1.54, 1.807) is 31.4 Å². The Hall–Kier alpha value is -3.19. The molecule has 0 saturated heterocycles. The first kappa shape index (κ1) is 19.8. The zero-order valence-electron chi connectivity index (χ0n) is 16.9. The molecule has 0 N–H and O–H groups in total. The molecule has 2 heterocycles. The Morgan fingerprint density at radius 2 is 2.03 bits per heavy atom. The van der Waals surface area contributed by atoms with Crippen molar-refractivity contribution < 1.29 is 23.8 Å². The van der Waals surface area contributed by atoms with E-state index < -0.39 is 5.97 Å². The molecule has 3 unspecified atom stereocenters. The van der Waals surface area contributed by atoms with Crippen molar-refractivity contribution in [2.75, 3.05) is 7.11 Å². The molecule has 0 bridgehead atoms. The smallest absolute Gasteiger partial charge is 0.338 e. The Balaban J connectivity index is 1.28. The van der Waals surface area contributed by atoms with Gasteiger partial charge in [-0.2, -0.15) is 0 Å². The summed E-state index contributed by atoms with van der Waals surface area (Å²) in [5, 5.41) is 0.691. The fraction of sp³-hybridized carbons (Fsp3) is 0.292. The van der Waals surface area contributed by atoms with Crippen molar-refractivity contribution in [1.82, 2.24) is 4.98 Å². The zero-order valence-corrected chi connectivity index (χ0v) is 17.8. The number of ether oxygens (including phenoxy) is 3. The normalized spacial score (nSPS) is 22.9. The van der Waals surface area contributed by atoms with Crippen LogP contribution in [0.1, 0.15) is 34.6 Å². The van der Waals surface area contributed by atoms with E-state index in [4.69, 9.17) is 14.2 Å². The number of rotatable bonds is 4. The first-order valence-electron chi connectivity index (χ1n) is 10.2. The van der Waals surface area contributed by atoms with Crippen molar-refractivity contribution in [2.45, 2.75) is 31.5 Å². The number of fused-ring (bicyclic) bond motifs is 2. The van der Waals surface area contributed by atoms with E-state index in [9.17, 15) is 9.59 Å². The van der Waals surface area contributed by atoms with Crippen LogP contribution in [0.15, 0.2) is 54.8 Å². The Morgan fingerprint density at radius 3 is 2.87 bits per heavy atom. The van der Waals surface area contributed by atoms with Crippen LogP contribution in [-0.2, 0) is 14.3 Å². The van der Waals surface area contributed by atoms with E-state index in [2.05, 4.69) is 4.98 Å². The molecule has 3 atom stereocenters. The monoisotopic (exact) mass is 435 g/mol. The van der Waals surface area contributed by atoms with Crippen LogP contribution in [0.25, 0.3) is 15.8 Å². The van der Waals surface area contributed by atoms with Crippen molar-refractivity contribution in [1.29, 1.82) is 0 Å². The third-order valence-electron chi connectivity index (χ3n) is 5.81. The molecule has 31 heavy (non-hydrogen) atoms. The highest BCUT2D eigenvalue weighted by Gasteiger charge is 2.42. The largest absolute Gasteiger partial charge is 0.497 e. The van der Waals surface area contributed by atoms with Crippen molar-refractivity contribution in [3.63, 3.8) is 0 Å². The van der Waals surface area contributed by atoms with Crippen LogP contribution in [0, 0.1) is 5.92 Å². The first-order chi connectivity index (χ1) is 15.1. The molecule has 6 nitrogen and oxygen atoms in total. The quantitative estimate of drug-likeness (QED) is 0.556. The predicted molar refractivity (Wildman–Crippen MR) is 117 cm³/mol. The van der Waals surface area contributed by atoms with Gasteiger partial charge in [0.05, 0.1) is 40.6 Å². The Morgan fingerprint density at radius 1 is 1.16 bits per heavy atom. The fourth-order valence-electron chi connectivity index (χ4n) is 4.18. The van der Waals surface area contributed by atoms with Crippen LogP contribution in [0.2, 0.25) is 0 Å². The standard InChI is InChI=1S/C24H21NO5S/c1-28-15-6-4-5-14(11-15)24(27)30-16-9-10-17-20(12-16)29-13-18(22(17)26)23-25-19-7-2-3-8-21(19)31-23/h2-8,11,13,16-17,20H,9-10,12H2,1H3. The molecule has 1 aliphatic carbocycles. The Labute approximate surface area is 183 Å². The summed E-state index contributed by atoms with van der Waals surface area (Å²) >= 11 is 1.50. The highest BCUT2D eigenvalue weighted by Crippen LogP contribution is 2.39. The molecule has 0 spiro atoms. The van der Waals surface area contributed by atoms with Gasteiger partial charge in [-0.25, -0.2) is 9.78 Å². The van der Waals surface area contributed by atoms with Crippen LogP contribution in [0.3, 0.4) is 0 Å². The number of hydrogen-bond acceptors (Lipinski definition) is 7. The second-order valence-corrected chi connectivity index (χ2v) is 8.77. The van der Waals surface area contributed by atoms with Gasteiger partial charge < -0.3 is 14.2 Å². The van der Waals surface area contributed by atoms with Gasteiger partial charge in [0.15, 0.2) is 5.78 Å². The summed E-state index contributed by atoms with van der Waals surface area (Å²) in [4.78, 5) is 30.3. The number of carbonyl (C=O) groups excluding carboxylic acids is 2. The molecule has 7 heteroatoms. The molecule has 158 valence electrons. The molecular formula is C24H21NO5S. The molecule has 0 amide bonds. The van der Waals surface area contributed by atoms with Gasteiger partial charge in [-0.15, -0.1) is 11.3 Å². The summed E-state index contributed by atoms with van der Waals surface area (Å²) in [6, 6.07) is 14.7. The first-order valence-corrected chi connectivity index (χ1v) is 11.0. The van der Waals surface area contributed by atoms with E-state index in [0.717, 1.165) is 10.2 Å². The van der Waals surface area contributed by atoms with Gasteiger partial charge in [0, 0.05) is 6.42 Å². The third kappa shape index (κ3) is 3.81. The number of methoxy groups -OCH3 is 1. The van der Waals surface area contributed by atoms with Gasteiger partial charge in [-0.1, -0.05) is 18.2 Å². The lowest BCUT2D eigenvalue weighted by molar-refractivity contribution is -0.126. The minimum absolute atomic E-state index is 0.0629. The SMILES string of the molecule is COc1cccc(C(=O)OC2CCC3C(=O)C(c4nc5ccccc5s4)=COC3C2)c1. The Kier molecular flexibility index (Phi) is 5.19. The molecule has 2 aliphatic rings. The second kappa shape index (κ2) is 8.15. The third-order valence-corrected chi connectivity index (χ3v) is 6.88. The number of benzene rings is 2. The zero-order chi connectivity index (χ0) is 21.4. The number of hydrogen-bond donors (Lipinski definition) is 0. The number of para-hydroxylation sites is 1. The predicted octanol–water partition coefficient (Wildman–Crippen LogP) is 4.64. The number of esters is 1.